The van der Waals surface area contributed by atoms with Crippen LogP contribution in [0.3, 0.4) is 0 Å². The number of hydrogen-bond acceptors (Lipinski definition) is 7. The second kappa shape index (κ2) is 9.96. The first kappa shape index (κ1) is 25.3. The van der Waals surface area contributed by atoms with E-state index in [2.05, 4.69) is 39.7 Å². The zero-order chi connectivity index (χ0) is 28.0. The van der Waals surface area contributed by atoms with Crippen molar-refractivity contribution < 1.29 is 9.53 Å². The summed E-state index contributed by atoms with van der Waals surface area (Å²) in [4.78, 5) is 23.5. The third kappa shape index (κ3) is 4.47. The number of rotatable bonds is 6. The summed E-state index contributed by atoms with van der Waals surface area (Å²) in [6.07, 6.45) is 7.40. The maximum absolute atomic E-state index is 12.4. The van der Waals surface area contributed by atoms with E-state index in [1.165, 1.54) is 4.90 Å². The SMILES string of the molecule is COc1cc(C(=O)N(C)C)ccc1Nc1ncc2c(n1)-c1c(nn(C)c1-c1ccc(-c3cnn(C)c3)cc1)CC2. The highest BCUT2D eigenvalue weighted by Crippen LogP contribution is 2.40. The maximum Gasteiger partial charge on any atom is 0.253 e. The van der Waals surface area contributed by atoms with Crippen LogP contribution in [0, 0.1) is 0 Å². The first-order valence-corrected chi connectivity index (χ1v) is 13.0. The Labute approximate surface area is 232 Å². The largest absolute Gasteiger partial charge is 0.495 e. The van der Waals surface area contributed by atoms with Gasteiger partial charge in [0, 0.05) is 62.8 Å². The molecule has 10 heteroatoms. The van der Waals surface area contributed by atoms with E-state index in [4.69, 9.17) is 14.8 Å². The number of benzene rings is 2. The molecule has 0 unspecified atom stereocenters. The van der Waals surface area contributed by atoms with Crippen molar-refractivity contribution in [1.29, 1.82) is 0 Å². The van der Waals surface area contributed by atoms with Crippen molar-refractivity contribution in [2.45, 2.75) is 12.8 Å². The van der Waals surface area contributed by atoms with Crippen LogP contribution in [-0.2, 0) is 26.9 Å². The van der Waals surface area contributed by atoms with Gasteiger partial charge in [0.2, 0.25) is 5.95 Å². The Hall–Kier alpha value is -4.99. The Morgan fingerprint density at radius 3 is 2.48 bits per heavy atom. The molecule has 0 aliphatic heterocycles. The van der Waals surface area contributed by atoms with Gasteiger partial charge in [0.25, 0.3) is 5.91 Å². The van der Waals surface area contributed by atoms with E-state index < -0.39 is 0 Å². The monoisotopic (exact) mass is 534 g/mol. The molecule has 5 aromatic rings. The van der Waals surface area contributed by atoms with E-state index in [1.807, 2.05) is 43.4 Å². The number of aryl methyl sites for hydroxylation is 4. The molecular weight excluding hydrogens is 504 g/mol. The number of carbonyl (C=O) groups is 1. The second-order valence-electron chi connectivity index (χ2n) is 10.1. The summed E-state index contributed by atoms with van der Waals surface area (Å²) in [5.74, 6) is 0.879. The summed E-state index contributed by atoms with van der Waals surface area (Å²) in [5, 5.41) is 12.4. The quantitative estimate of drug-likeness (QED) is 0.342. The molecule has 1 aliphatic carbocycles. The number of carbonyl (C=O) groups excluding carboxylic acids is 1. The van der Waals surface area contributed by atoms with Crippen molar-refractivity contribution in [3.05, 3.63) is 77.9 Å². The van der Waals surface area contributed by atoms with Gasteiger partial charge in [-0.25, -0.2) is 9.97 Å². The van der Waals surface area contributed by atoms with Crippen molar-refractivity contribution in [3.8, 4) is 39.4 Å². The molecule has 0 atom stereocenters. The smallest absolute Gasteiger partial charge is 0.253 e. The van der Waals surface area contributed by atoms with E-state index >= 15 is 0 Å². The summed E-state index contributed by atoms with van der Waals surface area (Å²) in [5.41, 5.74) is 9.48. The highest BCUT2D eigenvalue weighted by Gasteiger charge is 2.27. The van der Waals surface area contributed by atoms with Crippen molar-refractivity contribution in [3.63, 3.8) is 0 Å². The van der Waals surface area contributed by atoms with E-state index in [0.29, 0.717) is 22.9 Å². The maximum atomic E-state index is 12.4. The van der Waals surface area contributed by atoms with Crippen LogP contribution in [0.25, 0.3) is 33.6 Å². The minimum absolute atomic E-state index is 0.0972. The summed E-state index contributed by atoms with van der Waals surface area (Å²) < 4.78 is 9.32. The average Bonchev–Trinajstić information content (AvgIpc) is 3.55. The molecular formula is C30H30N8O2. The topological polar surface area (TPSA) is 103 Å². The molecule has 1 amide bonds. The van der Waals surface area contributed by atoms with E-state index in [1.54, 1.807) is 38.0 Å². The Bertz CT molecular complexity index is 1730. The van der Waals surface area contributed by atoms with Crippen molar-refractivity contribution >= 4 is 17.5 Å². The van der Waals surface area contributed by atoms with Crippen molar-refractivity contribution in [2.75, 3.05) is 26.5 Å². The molecule has 2 aromatic carbocycles. The molecule has 0 saturated heterocycles. The minimum atomic E-state index is -0.0972. The standard InChI is InChI=1S/C30H30N8O2/c1-36(2)29(39)20-10-12-23(25(14-20)40-5)33-30-31-15-21-11-13-24-26(27(21)34-30)28(38(4)35-24)19-8-6-18(7-9-19)22-16-32-37(3)17-22/h6-10,12,14-17H,11,13H2,1-5H3,(H,31,33,34). The fraction of sp³-hybridized carbons (Fsp3) is 0.233. The summed E-state index contributed by atoms with van der Waals surface area (Å²) in [6.45, 7) is 0. The molecule has 3 aromatic heterocycles. The van der Waals surface area contributed by atoms with Gasteiger partial charge in [-0.1, -0.05) is 24.3 Å². The Kier molecular flexibility index (Phi) is 6.30. The van der Waals surface area contributed by atoms with Crippen LogP contribution in [0.1, 0.15) is 21.6 Å². The lowest BCUT2D eigenvalue weighted by atomic mass is 9.91. The lowest BCUT2D eigenvalue weighted by molar-refractivity contribution is 0.0827. The molecule has 0 fully saturated rings. The number of aromatic nitrogens is 6. The number of anilines is 2. The Balaban J connectivity index is 1.36. The van der Waals surface area contributed by atoms with Gasteiger partial charge in [0.05, 0.1) is 36.1 Å². The normalized spacial score (nSPS) is 12.0. The van der Waals surface area contributed by atoms with Crippen molar-refractivity contribution in [1.82, 2.24) is 34.4 Å². The molecule has 0 radical (unpaired) electrons. The van der Waals surface area contributed by atoms with Gasteiger partial charge in [-0.3, -0.25) is 14.2 Å². The Morgan fingerprint density at radius 2 is 1.77 bits per heavy atom. The predicted molar refractivity (Wildman–Crippen MR) is 154 cm³/mol. The summed E-state index contributed by atoms with van der Waals surface area (Å²) >= 11 is 0. The molecule has 40 heavy (non-hydrogen) atoms. The van der Waals surface area contributed by atoms with Gasteiger partial charge in [-0.05, 0) is 42.2 Å². The fourth-order valence-corrected chi connectivity index (χ4v) is 5.15. The molecule has 0 bridgehead atoms. The molecule has 6 rings (SSSR count). The van der Waals surface area contributed by atoms with Crippen LogP contribution in [0.5, 0.6) is 5.75 Å². The number of methoxy groups -OCH3 is 1. The summed E-state index contributed by atoms with van der Waals surface area (Å²) in [6, 6.07) is 13.8. The first-order chi connectivity index (χ1) is 19.3. The van der Waals surface area contributed by atoms with Crippen LogP contribution in [0.4, 0.5) is 11.6 Å². The van der Waals surface area contributed by atoms with Gasteiger partial charge >= 0.3 is 0 Å². The molecule has 0 saturated carbocycles. The van der Waals surface area contributed by atoms with Crippen molar-refractivity contribution in [2.24, 2.45) is 14.1 Å². The fourth-order valence-electron chi connectivity index (χ4n) is 5.15. The number of hydrogen-bond donors (Lipinski definition) is 1. The second-order valence-corrected chi connectivity index (χ2v) is 10.1. The minimum Gasteiger partial charge on any atom is -0.495 e. The van der Waals surface area contributed by atoms with Crippen LogP contribution < -0.4 is 10.1 Å². The zero-order valence-electron chi connectivity index (χ0n) is 23.1. The van der Waals surface area contributed by atoms with Gasteiger partial charge in [-0.15, -0.1) is 0 Å². The third-order valence-electron chi connectivity index (χ3n) is 7.15. The lowest BCUT2D eigenvalue weighted by Crippen LogP contribution is -2.21. The number of amides is 1. The van der Waals surface area contributed by atoms with E-state index in [-0.39, 0.29) is 5.91 Å². The number of nitrogens with zero attached hydrogens (tertiary/aromatic N) is 7. The molecule has 1 aliphatic rings. The van der Waals surface area contributed by atoms with Crippen LogP contribution in [0.2, 0.25) is 0 Å². The highest BCUT2D eigenvalue weighted by molar-refractivity contribution is 5.95. The number of nitrogens with one attached hydrogen (secondary N) is 1. The van der Waals surface area contributed by atoms with Gasteiger partial charge in [-0.2, -0.15) is 10.2 Å². The van der Waals surface area contributed by atoms with Crippen LogP contribution >= 0.6 is 0 Å². The Morgan fingerprint density at radius 1 is 1.00 bits per heavy atom. The lowest BCUT2D eigenvalue weighted by Gasteiger charge is -2.18. The van der Waals surface area contributed by atoms with E-state index in [0.717, 1.165) is 57.7 Å². The number of ether oxygens (including phenoxy) is 1. The molecule has 1 N–H and O–H groups in total. The van der Waals surface area contributed by atoms with Crippen LogP contribution in [-0.4, -0.2) is 61.5 Å². The molecule has 3 heterocycles. The third-order valence-corrected chi connectivity index (χ3v) is 7.15. The average molecular weight is 535 g/mol. The number of fused-ring (bicyclic) bond motifs is 3. The van der Waals surface area contributed by atoms with E-state index in [9.17, 15) is 4.79 Å². The highest BCUT2D eigenvalue weighted by atomic mass is 16.5. The van der Waals surface area contributed by atoms with Crippen LogP contribution in [0.15, 0.2) is 61.1 Å². The molecule has 202 valence electrons. The predicted octanol–water partition coefficient (Wildman–Crippen LogP) is 4.50. The van der Waals surface area contributed by atoms with Gasteiger partial charge in [0.1, 0.15) is 5.75 Å². The summed E-state index contributed by atoms with van der Waals surface area (Å²) in [7, 11) is 8.91. The van der Waals surface area contributed by atoms with Gasteiger partial charge in [0.15, 0.2) is 0 Å². The van der Waals surface area contributed by atoms with Gasteiger partial charge < -0.3 is 15.0 Å². The first-order valence-electron chi connectivity index (χ1n) is 13.0. The molecule has 0 spiro atoms. The zero-order valence-corrected chi connectivity index (χ0v) is 23.1. The molecule has 10 nitrogen and oxygen atoms in total.